The first-order valence-corrected chi connectivity index (χ1v) is 4.43. The molecule has 1 aliphatic rings. The molecule has 1 aromatic heterocycles. The highest BCUT2D eigenvalue weighted by Crippen LogP contribution is 2.27. The second-order valence-electron chi connectivity index (χ2n) is 4.05. The number of hydrogen-bond acceptors (Lipinski definition) is 1. The maximum absolute atomic E-state index is 5.75. The average Bonchev–Trinajstić information content (AvgIpc) is 2.32. The summed E-state index contributed by atoms with van der Waals surface area (Å²) in [4.78, 5) is 0. The standard InChI is InChI=1S/C11H14N2/c1-11(2)6-3-9-5-8-13(12)10(9)4-7-11/h3-8H,12H2,1-2H3. The summed E-state index contributed by atoms with van der Waals surface area (Å²) in [7, 11) is 0. The van der Waals surface area contributed by atoms with Crippen molar-refractivity contribution in [2.24, 2.45) is 5.41 Å². The topological polar surface area (TPSA) is 30.9 Å². The van der Waals surface area contributed by atoms with Crippen LogP contribution in [0, 0.1) is 5.41 Å². The summed E-state index contributed by atoms with van der Waals surface area (Å²) in [6.07, 6.45) is 10.4. The van der Waals surface area contributed by atoms with Crippen molar-refractivity contribution in [1.82, 2.24) is 4.68 Å². The Kier molecular flexibility index (Phi) is 1.59. The normalized spacial score (nSPS) is 18.3. The molecule has 2 rings (SSSR count). The van der Waals surface area contributed by atoms with E-state index in [0.717, 1.165) is 5.69 Å². The summed E-state index contributed by atoms with van der Waals surface area (Å²) in [5.41, 5.74) is 2.38. The highest BCUT2D eigenvalue weighted by atomic mass is 15.3. The van der Waals surface area contributed by atoms with E-state index in [0.29, 0.717) is 0 Å². The van der Waals surface area contributed by atoms with E-state index in [4.69, 9.17) is 5.84 Å². The fraction of sp³-hybridized carbons (Fsp3) is 0.273. The Labute approximate surface area is 78.3 Å². The number of hydrogen-bond donors (Lipinski definition) is 1. The van der Waals surface area contributed by atoms with Gasteiger partial charge in [0.25, 0.3) is 0 Å². The Morgan fingerprint density at radius 2 is 1.92 bits per heavy atom. The van der Waals surface area contributed by atoms with Gasteiger partial charge in [0.05, 0.1) is 5.69 Å². The molecule has 0 spiro atoms. The second kappa shape index (κ2) is 2.52. The maximum atomic E-state index is 5.75. The van der Waals surface area contributed by atoms with Crippen LogP contribution < -0.4 is 5.84 Å². The van der Waals surface area contributed by atoms with Gasteiger partial charge in [-0.15, -0.1) is 0 Å². The first kappa shape index (κ1) is 8.17. The van der Waals surface area contributed by atoms with Gasteiger partial charge in [-0.2, -0.15) is 0 Å². The van der Waals surface area contributed by atoms with Gasteiger partial charge in [-0.25, -0.2) is 0 Å². The summed E-state index contributed by atoms with van der Waals surface area (Å²) in [6.45, 7) is 4.35. The fourth-order valence-corrected chi connectivity index (χ4v) is 1.45. The van der Waals surface area contributed by atoms with Gasteiger partial charge in [0.1, 0.15) is 0 Å². The van der Waals surface area contributed by atoms with Gasteiger partial charge >= 0.3 is 0 Å². The molecule has 0 aromatic carbocycles. The average molecular weight is 174 g/mol. The van der Waals surface area contributed by atoms with E-state index in [1.807, 2.05) is 12.3 Å². The van der Waals surface area contributed by atoms with Crippen LogP contribution in [0.4, 0.5) is 0 Å². The van der Waals surface area contributed by atoms with Crippen molar-refractivity contribution >= 4 is 12.2 Å². The van der Waals surface area contributed by atoms with E-state index in [2.05, 4.69) is 38.2 Å². The molecule has 2 nitrogen and oxygen atoms in total. The minimum Gasteiger partial charge on any atom is -0.339 e. The molecular weight excluding hydrogens is 160 g/mol. The Hall–Kier alpha value is -1.44. The zero-order chi connectivity index (χ0) is 9.47. The van der Waals surface area contributed by atoms with Crippen molar-refractivity contribution < 1.29 is 0 Å². The van der Waals surface area contributed by atoms with E-state index in [1.165, 1.54) is 5.56 Å². The fourth-order valence-electron chi connectivity index (χ4n) is 1.45. The Morgan fingerprint density at radius 1 is 1.23 bits per heavy atom. The number of fused-ring (bicyclic) bond motifs is 1. The summed E-state index contributed by atoms with van der Waals surface area (Å²) < 4.78 is 1.65. The molecule has 2 heteroatoms. The third-order valence-electron chi connectivity index (χ3n) is 2.35. The Morgan fingerprint density at radius 3 is 2.69 bits per heavy atom. The first-order valence-electron chi connectivity index (χ1n) is 4.43. The van der Waals surface area contributed by atoms with Crippen LogP contribution in [0.3, 0.4) is 0 Å². The van der Waals surface area contributed by atoms with Crippen LogP contribution in [-0.4, -0.2) is 4.68 Å². The van der Waals surface area contributed by atoms with Crippen molar-refractivity contribution in [3.63, 3.8) is 0 Å². The molecule has 1 aromatic rings. The monoisotopic (exact) mass is 174 g/mol. The van der Waals surface area contributed by atoms with Crippen molar-refractivity contribution in [3.8, 4) is 0 Å². The smallest absolute Gasteiger partial charge is 0.0687 e. The minimum atomic E-state index is 0.124. The molecule has 68 valence electrons. The van der Waals surface area contributed by atoms with Gasteiger partial charge in [-0.3, -0.25) is 4.68 Å². The van der Waals surface area contributed by atoms with Gasteiger partial charge < -0.3 is 5.84 Å². The molecule has 0 saturated carbocycles. The van der Waals surface area contributed by atoms with Crippen molar-refractivity contribution in [1.29, 1.82) is 0 Å². The van der Waals surface area contributed by atoms with Crippen LogP contribution in [0.25, 0.3) is 12.2 Å². The van der Waals surface area contributed by atoms with E-state index in [9.17, 15) is 0 Å². The third kappa shape index (κ3) is 1.39. The van der Waals surface area contributed by atoms with Crippen LogP contribution in [0.15, 0.2) is 24.4 Å². The number of nitrogen functional groups attached to an aromatic ring is 1. The molecule has 0 unspecified atom stereocenters. The molecular formula is C11H14N2. The van der Waals surface area contributed by atoms with Gasteiger partial charge in [0.2, 0.25) is 0 Å². The largest absolute Gasteiger partial charge is 0.339 e. The summed E-state index contributed by atoms with van der Waals surface area (Å²) in [5.74, 6) is 5.75. The highest BCUT2D eigenvalue weighted by molar-refractivity contribution is 5.66. The molecule has 0 atom stereocenters. The van der Waals surface area contributed by atoms with Crippen LogP contribution in [0.5, 0.6) is 0 Å². The van der Waals surface area contributed by atoms with E-state index < -0.39 is 0 Å². The molecule has 2 N–H and O–H groups in total. The second-order valence-corrected chi connectivity index (χ2v) is 4.05. The summed E-state index contributed by atoms with van der Waals surface area (Å²) in [5, 5.41) is 0. The molecule has 1 aliphatic carbocycles. The lowest BCUT2D eigenvalue weighted by atomic mass is 9.93. The number of rotatable bonds is 0. The maximum Gasteiger partial charge on any atom is 0.0687 e. The van der Waals surface area contributed by atoms with Crippen molar-refractivity contribution in [2.75, 3.05) is 5.84 Å². The zero-order valence-corrected chi connectivity index (χ0v) is 7.99. The molecule has 0 radical (unpaired) electrons. The Bertz CT molecular complexity index is 381. The number of nitrogens with zero attached hydrogens (tertiary/aromatic N) is 1. The number of nitrogens with two attached hydrogens (primary N) is 1. The molecule has 0 saturated heterocycles. The van der Waals surface area contributed by atoms with Crippen LogP contribution in [-0.2, 0) is 0 Å². The SMILES string of the molecule is CC1(C)C=Cc2ccn(N)c2C=C1. The lowest BCUT2D eigenvalue weighted by Crippen LogP contribution is -2.08. The van der Waals surface area contributed by atoms with E-state index in [-0.39, 0.29) is 5.41 Å². The zero-order valence-electron chi connectivity index (χ0n) is 7.99. The summed E-state index contributed by atoms with van der Waals surface area (Å²) >= 11 is 0. The quantitative estimate of drug-likeness (QED) is 0.601. The number of aromatic nitrogens is 1. The number of allylic oxidation sites excluding steroid dienone is 2. The van der Waals surface area contributed by atoms with E-state index in [1.54, 1.807) is 4.68 Å². The Balaban J connectivity index is 2.54. The highest BCUT2D eigenvalue weighted by Gasteiger charge is 2.13. The van der Waals surface area contributed by atoms with Crippen molar-refractivity contribution in [2.45, 2.75) is 13.8 Å². The lowest BCUT2D eigenvalue weighted by Gasteiger charge is -2.12. The van der Waals surface area contributed by atoms with Gasteiger partial charge in [-0.1, -0.05) is 32.1 Å². The molecule has 0 fully saturated rings. The molecule has 13 heavy (non-hydrogen) atoms. The molecule has 0 bridgehead atoms. The van der Waals surface area contributed by atoms with Gasteiger partial charge in [0, 0.05) is 17.2 Å². The minimum absolute atomic E-state index is 0.124. The molecule has 1 heterocycles. The van der Waals surface area contributed by atoms with Crippen LogP contribution in [0.1, 0.15) is 25.1 Å². The van der Waals surface area contributed by atoms with Gasteiger partial charge in [-0.05, 0) is 12.1 Å². The molecule has 0 aliphatic heterocycles. The predicted octanol–water partition coefficient (Wildman–Crippen LogP) is 2.27. The molecule has 0 amide bonds. The first-order chi connectivity index (χ1) is 6.08. The van der Waals surface area contributed by atoms with Gasteiger partial charge in [0.15, 0.2) is 0 Å². The van der Waals surface area contributed by atoms with Crippen LogP contribution >= 0.6 is 0 Å². The van der Waals surface area contributed by atoms with Crippen LogP contribution in [0.2, 0.25) is 0 Å². The third-order valence-corrected chi connectivity index (χ3v) is 2.35. The predicted molar refractivity (Wildman–Crippen MR) is 56.4 cm³/mol. The van der Waals surface area contributed by atoms with Crippen molar-refractivity contribution in [3.05, 3.63) is 35.7 Å². The lowest BCUT2D eigenvalue weighted by molar-refractivity contribution is 0.633. The van der Waals surface area contributed by atoms with E-state index >= 15 is 0 Å². The summed E-state index contributed by atoms with van der Waals surface area (Å²) in [6, 6.07) is 2.03.